The van der Waals surface area contributed by atoms with E-state index in [2.05, 4.69) is 11.8 Å². The van der Waals surface area contributed by atoms with Crippen LogP contribution in [-0.2, 0) is 9.53 Å². The fourth-order valence-electron chi connectivity index (χ4n) is 0.0386. The molecule has 0 fully saturated rings. The van der Waals surface area contributed by atoms with Crippen molar-refractivity contribution >= 4 is 28.6 Å². The third kappa shape index (κ3) is 2.44. The zero-order chi connectivity index (χ0) is 4.99. The van der Waals surface area contributed by atoms with Gasteiger partial charge < -0.3 is 4.74 Å². The van der Waals surface area contributed by atoms with Crippen molar-refractivity contribution in [1.82, 2.24) is 0 Å². The van der Waals surface area contributed by atoms with Gasteiger partial charge >= 0.3 is 5.97 Å². The lowest BCUT2D eigenvalue weighted by atomic mass is 10.8. The standard InChI is InChI=1S/C3H4IO2/c1-6-3(5)2-4/h1-2H2. The average Bonchev–Trinajstić information content (AvgIpc) is 1.65. The third-order valence-electron chi connectivity index (χ3n) is 0.270. The van der Waals surface area contributed by atoms with Crippen LogP contribution < -0.4 is 0 Å². The summed E-state index contributed by atoms with van der Waals surface area (Å²) in [6.07, 6.45) is 0. The van der Waals surface area contributed by atoms with E-state index in [1.807, 2.05) is 22.6 Å². The highest BCUT2D eigenvalue weighted by Crippen LogP contribution is 1.81. The van der Waals surface area contributed by atoms with Gasteiger partial charge in [0.15, 0.2) is 0 Å². The number of hydrogen-bond acceptors (Lipinski definition) is 2. The van der Waals surface area contributed by atoms with Crippen LogP contribution in [0.15, 0.2) is 0 Å². The van der Waals surface area contributed by atoms with Crippen molar-refractivity contribution in [3.63, 3.8) is 0 Å². The van der Waals surface area contributed by atoms with Crippen molar-refractivity contribution in [2.45, 2.75) is 0 Å². The van der Waals surface area contributed by atoms with Crippen LogP contribution in [0.5, 0.6) is 0 Å². The number of rotatable bonds is 1. The Labute approximate surface area is 50.0 Å². The molecule has 0 bridgehead atoms. The number of carbonyl (C=O) groups is 1. The van der Waals surface area contributed by atoms with E-state index in [1.54, 1.807) is 0 Å². The summed E-state index contributed by atoms with van der Waals surface area (Å²) < 4.78 is 4.38. The summed E-state index contributed by atoms with van der Waals surface area (Å²) in [5, 5.41) is 0. The summed E-state index contributed by atoms with van der Waals surface area (Å²) >= 11 is 1.90. The van der Waals surface area contributed by atoms with Gasteiger partial charge in [-0.25, -0.2) is 0 Å². The molecule has 35 valence electrons. The van der Waals surface area contributed by atoms with Crippen molar-refractivity contribution in [3.8, 4) is 0 Å². The van der Waals surface area contributed by atoms with Crippen LogP contribution in [0.2, 0.25) is 0 Å². The molecule has 0 aromatic carbocycles. The first-order chi connectivity index (χ1) is 2.81. The molecule has 0 atom stereocenters. The Morgan fingerprint density at radius 2 is 2.50 bits per heavy atom. The molecule has 0 aromatic rings. The lowest BCUT2D eigenvalue weighted by Crippen LogP contribution is -1.97. The Balaban J connectivity index is 2.99. The monoisotopic (exact) mass is 199 g/mol. The maximum absolute atomic E-state index is 9.89. The second-order valence-corrected chi connectivity index (χ2v) is 1.41. The smallest absolute Gasteiger partial charge is 0.315 e. The molecule has 0 N–H and O–H groups in total. The van der Waals surface area contributed by atoms with E-state index < -0.39 is 0 Å². The summed E-state index contributed by atoms with van der Waals surface area (Å²) in [6.45, 7) is 0. The SMILES string of the molecule is [CH2]OC(=O)CI. The van der Waals surface area contributed by atoms with Gasteiger partial charge in [0.2, 0.25) is 0 Å². The van der Waals surface area contributed by atoms with E-state index in [-0.39, 0.29) is 5.97 Å². The van der Waals surface area contributed by atoms with Crippen molar-refractivity contribution in [1.29, 1.82) is 0 Å². The second kappa shape index (κ2) is 3.39. The Morgan fingerprint density at radius 3 is 2.50 bits per heavy atom. The molecule has 0 heterocycles. The Hall–Kier alpha value is 0.200. The van der Waals surface area contributed by atoms with E-state index in [0.717, 1.165) is 0 Å². The van der Waals surface area contributed by atoms with Crippen LogP contribution >= 0.6 is 22.6 Å². The molecule has 1 radical (unpaired) electrons. The highest BCUT2D eigenvalue weighted by molar-refractivity contribution is 14.1. The number of halogens is 1. The molecule has 0 saturated heterocycles. The van der Waals surface area contributed by atoms with Gasteiger partial charge in [-0.15, -0.1) is 0 Å². The zero-order valence-electron chi connectivity index (χ0n) is 3.11. The minimum absolute atomic E-state index is 0.282. The zero-order valence-corrected chi connectivity index (χ0v) is 5.27. The maximum atomic E-state index is 9.89. The number of ether oxygens (including phenoxy) is 1. The van der Waals surface area contributed by atoms with Gasteiger partial charge in [-0.1, -0.05) is 22.6 Å². The second-order valence-electron chi connectivity index (χ2n) is 0.650. The number of alkyl halides is 1. The average molecular weight is 199 g/mol. The largest absolute Gasteiger partial charge is 0.461 e. The molecule has 0 unspecified atom stereocenters. The summed E-state index contributed by atoms with van der Waals surface area (Å²) in [6, 6.07) is 0. The predicted octanol–water partition coefficient (Wildman–Crippen LogP) is 0.756. The molecule has 2 nitrogen and oxygen atoms in total. The van der Waals surface area contributed by atoms with Gasteiger partial charge in [0.25, 0.3) is 0 Å². The lowest BCUT2D eigenvalue weighted by Gasteiger charge is -1.85. The Kier molecular flexibility index (Phi) is 3.51. The van der Waals surface area contributed by atoms with Crippen LogP contribution in [0, 0.1) is 7.11 Å². The molecule has 0 aliphatic heterocycles. The summed E-state index contributed by atoms with van der Waals surface area (Å²) in [7, 11) is 2.90. The summed E-state index contributed by atoms with van der Waals surface area (Å²) in [5.41, 5.74) is 0. The molecule has 0 aliphatic rings. The van der Waals surface area contributed by atoms with Gasteiger partial charge in [0.1, 0.15) is 7.11 Å². The molecular formula is C3H4IO2. The quantitative estimate of drug-likeness (QED) is 0.354. The molecule has 0 aromatic heterocycles. The van der Waals surface area contributed by atoms with E-state index in [9.17, 15) is 4.79 Å². The number of esters is 1. The topological polar surface area (TPSA) is 26.3 Å². The highest BCUT2D eigenvalue weighted by atomic mass is 127. The first-order valence-electron chi connectivity index (χ1n) is 1.32. The summed E-state index contributed by atoms with van der Waals surface area (Å²) in [4.78, 5) is 9.89. The molecule has 0 saturated carbocycles. The van der Waals surface area contributed by atoms with Crippen molar-refractivity contribution in [2.75, 3.05) is 4.43 Å². The normalized spacial score (nSPS) is 7.67. The van der Waals surface area contributed by atoms with Gasteiger partial charge in [0, 0.05) is 0 Å². The molecule has 0 aliphatic carbocycles. The number of hydrogen-bond donors (Lipinski definition) is 0. The molecule has 3 heteroatoms. The lowest BCUT2D eigenvalue weighted by molar-refractivity contribution is -0.135. The van der Waals surface area contributed by atoms with E-state index >= 15 is 0 Å². The molecular weight excluding hydrogens is 195 g/mol. The molecule has 0 amide bonds. The Morgan fingerprint density at radius 1 is 2.00 bits per heavy atom. The summed E-state index contributed by atoms with van der Waals surface area (Å²) in [5.74, 6) is -0.282. The van der Waals surface area contributed by atoms with Gasteiger partial charge in [0.05, 0.1) is 4.43 Å². The maximum Gasteiger partial charge on any atom is 0.315 e. The fraction of sp³-hybridized carbons (Fsp3) is 0.333. The van der Waals surface area contributed by atoms with Gasteiger partial charge in [-0.05, 0) is 0 Å². The van der Waals surface area contributed by atoms with Crippen molar-refractivity contribution in [3.05, 3.63) is 7.11 Å². The van der Waals surface area contributed by atoms with Crippen LogP contribution in [0.4, 0.5) is 0 Å². The highest BCUT2D eigenvalue weighted by Gasteiger charge is 1.89. The predicted molar refractivity (Wildman–Crippen MR) is 30.3 cm³/mol. The van der Waals surface area contributed by atoms with Crippen LogP contribution in [0.25, 0.3) is 0 Å². The van der Waals surface area contributed by atoms with E-state index in [0.29, 0.717) is 4.43 Å². The van der Waals surface area contributed by atoms with E-state index in [4.69, 9.17) is 0 Å². The molecule has 0 spiro atoms. The molecule has 6 heavy (non-hydrogen) atoms. The third-order valence-corrected chi connectivity index (χ3v) is 0.893. The van der Waals surface area contributed by atoms with Gasteiger partial charge in [-0.3, -0.25) is 4.79 Å². The fourth-order valence-corrected chi connectivity index (χ4v) is 0.259. The van der Waals surface area contributed by atoms with Crippen LogP contribution in [-0.4, -0.2) is 10.4 Å². The van der Waals surface area contributed by atoms with Gasteiger partial charge in [-0.2, -0.15) is 0 Å². The first kappa shape index (κ1) is 6.20. The minimum Gasteiger partial charge on any atom is -0.461 e. The number of carbonyl (C=O) groups excluding carboxylic acids is 1. The molecule has 0 rings (SSSR count). The van der Waals surface area contributed by atoms with Crippen molar-refractivity contribution in [2.24, 2.45) is 0 Å². The minimum atomic E-state index is -0.282. The first-order valence-corrected chi connectivity index (χ1v) is 2.84. The van der Waals surface area contributed by atoms with Crippen LogP contribution in [0.1, 0.15) is 0 Å². The van der Waals surface area contributed by atoms with E-state index in [1.165, 1.54) is 0 Å². The van der Waals surface area contributed by atoms with Crippen molar-refractivity contribution < 1.29 is 9.53 Å². The Bertz CT molecular complexity index is 46.8. The van der Waals surface area contributed by atoms with Crippen LogP contribution in [0.3, 0.4) is 0 Å².